The summed E-state index contributed by atoms with van der Waals surface area (Å²) in [7, 11) is 0. The molecule has 2 aromatic heterocycles. The summed E-state index contributed by atoms with van der Waals surface area (Å²) < 4.78 is 0. The maximum atomic E-state index is 6.13. The van der Waals surface area contributed by atoms with Crippen molar-refractivity contribution in [3.8, 4) is 0 Å². The van der Waals surface area contributed by atoms with Gasteiger partial charge >= 0.3 is 0 Å². The van der Waals surface area contributed by atoms with Crippen LogP contribution in [0.4, 0.5) is 0 Å². The van der Waals surface area contributed by atoms with Crippen LogP contribution in [0, 0.1) is 13.8 Å². The van der Waals surface area contributed by atoms with Crippen LogP contribution in [0.5, 0.6) is 0 Å². The number of aryl methyl sites for hydroxylation is 2. The zero-order valence-corrected chi connectivity index (χ0v) is 11.8. The SMILES string of the molecule is Cc1nc(CC(NN)c2ncccc2Cl)sc1C. The zero-order chi connectivity index (χ0) is 13.1. The van der Waals surface area contributed by atoms with E-state index in [0.717, 1.165) is 16.4 Å². The van der Waals surface area contributed by atoms with Gasteiger partial charge in [0.25, 0.3) is 0 Å². The lowest BCUT2D eigenvalue weighted by Crippen LogP contribution is -2.30. The Balaban J connectivity index is 2.22. The Morgan fingerprint density at radius 1 is 1.50 bits per heavy atom. The number of rotatable bonds is 4. The number of hydrogen-bond acceptors (Lipinski definition) is 5. The average molecular weight is 283 g/mol. The van der Waals surface area contributed by atoms with E-state index < -0.39 is 0 Å². The topological polar surface area (TPSA) is 63.8 Å². The van der Waals surface area contributed by atoms with Gasteiger partial charge < -0.3 is 0 Å². The van der Waals surface area contributed by atoms with E-state index in [-0.39, 0.29) is 6.04 Å². The normalized spacial score (nSPS) is 12.7. The Bertz CT molecular complexity index is 521. The van der Waals surface area contributed by atoms with Crippen LogP contribution in [0.25, 0.3) is 0 Å². The molecule has 0 aromatic carbocycles. The van der Waals surface area contributed by atoms with Gasteiger partial charge in [-0.25, -0.2) is 4.98 Å². The molecule has 1 atom stereocenters. The molecule has 4 nitrogen and oxygen atoms in total. The molecular formula is C12H15ClN4S. The molecule has 0 fully saturated rings. The zero-order valence-electron chi connectivity index (χ0n) is 10.3. The van der Waals surface area contributed by atoms with Crippen LogP contribution in [0.15, 0.2) is 18.3 Å². The van der Waals surface area contributed by atoms with Crippen molar-refractivity contribution >= 4 is 22.9 Å². The molecule has 0 aliphatic carbocycles. The van der Waals surface area contributed by atoms with Gasteiger partial charge in [-0.15, -0.1) is 11.3 Å². The number of nitrogens with zero attached hydrogens (tertiary/aromatic N) is 2. The van der Waals surface area contributed by atoms with Crippen molar-refractivity contribution in [3.63, 3.8) is 0 Å². The fourth-order valence-electron chi connectivity index (χ4n) is 1.69. The van der Waals surface area contributed by atoms with Crippen LogP contribution in [0.3, 0.4) is 0 Å². The third-order valence-corrected chi connectivity index (χ3v) is 4.18. The maximum absolute atomic E-state index is 6.13. The Morgan fingerprint density at radius 2 is 2.28 bits per heavy atom. The minimum Gasteiger partial charge on any atom is -0.271 e. The summed E-state index contributed by atoms with van der Waals surface area (Å²) in [6.45, 7) is 4.07. The maximum Gasteiger partial charge on any atom is 0.0950 e. The van der Waals surface area contributed by atoms with Crippen molar-refractivity contribution in [2.45, 2.75) is 26.3 Å². The fourth-order valence-corrected chi connectivity index (χ4v) is 2.92. The minimum absolute atomic E-state index is 0.122. The van der Waals surface area contributed by atoms with Gasteiger partial charge in [0.15, 0.2) is 0 Å². The highest BCUT2D eigenvalue weighted by Crippen LogP contribution is 2.25. The van der Waals surface area contributed by atoms with Gasteiger partial charge in [-0.2, -0.15) is 0 Å². The molecule has 0 saturated heterocycles. The first-order valence-corrected chi connectivity index (χ1v) is 6.80. The van der Waals surface area contributed by atoms with Gasteiger partial charge in [-0.05, 0) is 26.0 Å². The molecule has 2 rings (SSSR count). The summed E-state index contributed by atoms with van der Waals surface area (Å²) >= 11 is 7.81. The third-order valence-electron chi connectivity index (χ3n) is 2.77. The van der Waals surface area contributed by atoms with Crippen LogP contribution in [0.2, 0.25) is 5.02 Å². The molecule has 96 valence electrons. The summed E-state index contributed by atoms with van der Waals surface area (Å²) in [6, 6.07) is 3.49. The summed E-state index contributed by atoms with van der Waals surface area (Å²) in [5, 5.41) is 1.65. The Morgan fingerprint density at radius 3 is 2.83 bits per heavy atom. The lowest BCUT2D eigenvalue weighted by atomic mass is 10.1. The van der Waals surface area contributed by atoms with E-state index in [2.05, 4.69) is 22.3 Å². The Kier molecular flexibility index (Phi) is 4.29. The number of hydrogen-bond donors (Lipinski definition) is 2. The molecule has 6 heteroatoms. The smallest absolute Gasteiger partial charge is 0.0950 e. The highest BCUT2D eigenvalue weighted by atomic mass is 35.5. The molecule has 0 aliphatic heterocycles. The molecule has 1 unspecified atom stereocenters. The van der Waals surface area contributed by atoms with Crippen LogP contribution in [0.1, 0.15) is 27.3 Å². The summed E-state index contributed by atoms with van der Waals surface area (Å²) in [4.78, 5) is 10.0. The Labute approximate surface area is 115 Å². The van der Waals surface area contributed by atoms with E-state index in [9.17, 15) is 0 Å². The number of hydrazine groups is 1. The molecule has 0 radical (unpaired) electrons. The second-order valence-electron chi connectivity index (χ2n) is 4.04. The van der Waals surface area contributed by atoms with Crippen LogP contribution in [-0.2, 0) is 6.42 Å². The third kappa shape index (κ3) is 2.87. The summed E-state index contributed by atoms with van der Waals surface area (Å²) in [5.41, 5.74) is 4.58. The number of nitrogens with one attached hydrogen (secondary N) is 1. The molecular weight excluding hydrogens is 268 g/mol. The highest BCUT2D eigenvalue weighted by Gasteiger charge is 2.17. The first-order valence-electron chi connectivity index (χ1n) is 5.61. The van der Waals surface area contributed by atoms with E-state index in [1.165, 1.54) is 4.88 Å². The fraction of sp³-hybridized carbons (Fsp3) is 0.333. The quantitative estimate of drug-likeness (QED) is 0.668. The van der Waals surface area contributed by atoms with Gasteiger partial charge in [0, 0.05) is 17.5 Å². The second-order valence-corrected chi connectivity index (χ2v) is 5.74. The van der Waals surface area contributed by atoms with Crippen molar-refractivity contribution < 1.29 is 0 Å². The van der Waals surface area contributed by atoms with Gasteiger partial charge in [0.05, 0.1) is 27.5 Å². The molecule has 0 amide bonds. The van der Waals surface area contributed by atoms with Gasteiger partial charge in [0.1, 0.15) is 0 Å². The van der Waals surface area contributed by atoms with Gasteiger partial charge in [-0.1, -0.05) is 11.6 Å². The predicted octanol–water partition coefficient (Wildman–Crippen LogP) is 2.56. The average Bonchev–Trinajstić information content (AvgIpc) is 2.66. The van der Waals surface area contributed by atoms with E-state index in [4.69, 9.17) is 17.4 Å². The van der Waals surface area contributed by atoms with Crippen molar-refractivity contribution in [2.75, 3.05) is 0 Å². The summed E-state index contributed by atoms with van der Waals surface area (Å²) in [5.74, 6) is 5.59. The molecule has 18 heavy (non-hydrogen) atoms. The number of thiazole rings is 1. The molecule has 2 heterocycles. The van der Waals surface area contributed by atoms with E-state index in [0.29, 0.717) is 11.4 Å². The molecule has 0 aliphatic rings. The van der Waals surface area contributed by atoms with Crippen molar-refractivity contribution in [1.82, 2.24) is 15.4 Å². The largest absolute Gasteiger partial charge is 0.271 e. The lowest BCUT2D eigenvalue weighted by molar-refractivity contribution is 0.537. The predicted molar refractivity (Wildman–Crippen MR) is 74.6 cm³/mol. The molecule has 0 spiro atoms. The monoisotopic (exact) mass is 282 g/mol. The van der Waals surface area contributed by atoms with Crippen molar-refractivity contribution in [3.05, 3.63) is 44.6 Å². The van der Waals surface area contributed by atoms with Gasteiger partial charge in [0.2, 0.25) is 0 Å². The molecule has 3 N–H and O–H groups in total. The highest BCUT2D eigenvalue weighted by molar-refractivity contribution is 7.11. The van der Waals surface area contributed by atoms with Gasteiger partial charge in [-0.3, -0.25) is 16.3 Å². The number of nitrogens with two attached hydrogens (primary N) is 1. The van der Waals surface area contributed by atoms with E-state index in [1.54, 1.807) is 23.6 Å². The molecule has 0 saturated carbocycles. The van der Waals surface area contributed by atoms with Crippen LogP contribution < -0.4 is 11.3 Å². The Hall–Kier alpha value is -1.01. The second kappa shape index (κ2) is 5.75. The first kappa shape index (κ1) is 13.4. The minimum atomic E-state index is -0.122. The molecule has 2 aromatic rings. The first-order chi connectivity index (χ1) is 8.61. The lowest BCUT2D eigenvalue weighted by Gasteiger charge is -2.14. The number of pyridine rings is 1. The van der Waals surface area contributed by atoms with Crippen molar-refractivity contribution in [1.29, 1.82) is 0 Å². The van der Waals surface area contributed by atoms with Crippen molar-refractivity contribution in [2.24, 2.45) is 5.84 Å². The van der Waals surface area contributed by atoms with E-state index >= 15 is 0 Å². The molecule has 0 bridgehead atoms. The number of aromatic nitrogens is 2. The van der Waals surface area contributed by atoms with E-state index in [1.807, 2.05) is 13.0 Å². The van der Waals surface area contributed by atoms with Crippen LogP contribution >= 0.6 is 22.9 Å². The van der Waals surface area contributed by atoms with Crippen LogP contribution in [-0.4, -0.2) is 9.97 Å². The number of halogens is 1. The summed E-state index contributed by atoms with van der Waals surface area (Å²) in [6.07, 6.45) is 2.40. The standard InChI is InChI=1S/C12H15ClN4S/c1-7-8(2)18-11(16-7)6-10(17-14)12-9(13)4-3-5-15-12/h3-5,10,17H,6,14H2,1-2H3.